The molecule has 0 aliphatic carbocycles. The van der Waals surface area contributed by atoms with Gasteiger partial charge in [-0.1, -0.05) is 0 Å². The van der Waals surface area contributed by atoms with Gasteiger partial charge in [0, 0.05) is 24.0 Å². The van der Waals surface area contributed by atoms with Crippen molar-refractivity contribution >= 4 is 0 Å². The van der Waals surface area contributed by atoms with Crippen LogP contribution in [-0.2, 0) is 0 Å². The van der Waals surface area contributed by atoms with Gasteiger partial charge in [0.1, 0.15) is 5.82 Å². The summed E-state index contributed by atoms with van der Waals surface area (Å²) in [6.07, 6.45) is 3.47. The van der Waals surface area contributed by atoms with E-state index in [-0.39, 0.29) is 0 Å². The summed E-state index contributed by atoms with van der Waals surface area (Å²) < 4.78 is 4.98. The van der Waals surface area contributed by atoms with E-state index in [4.69, 9.17) is 4.74 Å². The van der Waals surface area contributed by atoms with Crippen LogP contribution < -0.4 is 4.74 Å². The Labute approximate surface area is 88.0 Å². The molecule has 0 N–H and O–H groups in total. The van der Waals surface area contributed by atoms with E-state index in [9.17, 15) is 0 Å². The molecular formula is C11H11N3O. The predicted octanol–water partition coefficient (Wildman–Crippen LogP) is 1.86. The monoisotopic (exact) mass is 201 g/mol. The van der Waals surface area contributed by atoms with E-state index in [1.807, 2.05) is 25.1 Å². The van der Waals surface area contributed by atoms with E-state index in [1.54, 1.807) is 19.5 Å². The Morgan fingerprint density at radius 1 is 1.13 bits per heavy atom. The molecule has 0 aromatic carbocycles. The third-order valence-corrected chi connectivity index (χ3v) is 2.02. The number of pyridine rings is 1. The minimum Gasteiger partial charge on any atom is -0.481 e. The van der Waals surface area contributed by atoms with Crippen LogP contribution in [0, 0.1) is 6.92 Å². The second kappa shape index (κ2) is 4.04. The van der Waals surface area contributed by atoms with E-state index < -0.39 is 0 Å². The van der Waals surface area contributed by atoms with Crippen LogP contribution in [0.25, 0.3) is 11.3 Å². The molecule has 2 rings (SSSR count). The predicted molar refractivity (Wildman–Crippen MR) is 56.6 cm³/mol. The molecule has 2 aromatic rings. The Morgan fingerprint density at radius 3 is 2.60 bits per heavy atom. The molecule has 15 heavy (non-hydrogen) atoms. The average Bonchev–Trinajstić information content (AvgIpc) is 2.29. The first-order chi connectivity index (χ1) is 7.29. The third-order valence-electron chi connectivity index (χ3n) is 2.02. The van der Waals surface area contributed by atoms with Crippen molar-refractivity contribution in [2.45, 2.75) is 6.92 Å². The molecular weight excluding hydrogens is 190 g/mol. The lowest BCUT2D eigenvalue weighted by molar-refractivity contribution is 0.398. The fourth-order valence-corrected chi connectivity index (χ4v) is 1.27. The highest BCUT2D eigenvalue weighted by atomic mass is 16.5. The lowest BCUT2D eigenvalue weighted by Crippen LogP contribution is -1.91. The summed E-state index contributed by atoms with van der Waals surface area (Å²) >= 11 is 0. The number of methoxy groups -OCH3 is 1. The summed E-state index contributed by atoms with van der Waals surface area (Å²) in [5.41, 5.74) is 1.83. The summed E-state index contributed by atoms with van der Waals surface area (Å²) in [7, 11) is 1.59. The number of aromatic nitrogens is 3. The molecule has 2 aromatic heterocycles. The largest absolute Gasteiger partial charge is 0.481 e. The van der Waals surface area contributed by atoms with Crippen molar-refractivity contribution in [3.05, 3.63) is 36.4 Å². The summed E-state index contributed by atoms with van der Waals surface area (Å²) in [6, 6.07) is 5.59. The molecule has 4 nitrogen and oxygen atoms in total. The first-order valence-electron chi connectivity index (χ1n) is 4.59. The van der Waals surface area contributed by atoms with Gasteiger partial charge in [-0.2, -0.15) is 0 Å². The summed E-state index contributed by atoms with van der Waals surface area (Å²) in [6.45, 7) is 1.86. The standard InChI is InChI=1S/C11H11N3O/c1-8-12-6-5-10(14-8)9-3-4-11(15-2)13-7-9/h3-7H,1-2H3. The van der Waals surface area contributed by atoms with Crippen LogP contribution in [0.15, 0.2) is 30.6 Å². The molecule has 0 atom stereocenters. The van der Waals surface area contributed by atoms with Crippen molar-refractivity contribution in [1.29, 1.82) is 0 Å². The molecule has 76 valence electrons. The molecule has 0 saturated heterocycles. The number of aryl methyl sites for hydroxylation is 1. The van der Waals surface area contributed by atoms with Crippen molar-refractivity contribution in [2.24, 2.45) is 0 Å². The van der Waals surface area contributed by atoms with Gasteiger partial charge >= 0.3 is 0 Å². The van der Waals surface area contributed by atoms with Gasteiger partial charge in [-0.05, 0) is 19.1 Å². The zero-order valence-corrected chi connectivity index (χ0v) is 8.64. The van der Waals surface area contributed by atoms with Crippen LogP contribution in [-0.4, -0.2) is 22.1 Å². The SMILES string of the molecule is COc1ccc(-c2ccnc(C)n2)cn1. The van der Waals surface area contributed by atoms with Gasteiger partial charge in [0.2, 0.25) is 5.88 Å². The fraction of sp³-hybridized carbons (Fsp3) is 0.182. The quantitative estimate of drug-likeness (QED) is 0.744. The maximum Gasteiger partial charge on any atom is 0.212 e. The highest BCUT2D eigenvalue weighted by molar-refractivity contribution is 5.57. The second-order valence-electron chi connectivity index (χ2n) is 3.08. The number of ether oxygens (including phenoxy) is 1. The van der Waals surface area contributed by atoms with Crippen molar-refractivity contribution in [2.75, 3.05) is 7.11 Å². The van der Waals surface area contributed by atoms with Crippen LogP contribution in [0.2, 0.25) is 0 Å². The molecule has 0 fully saturated rings. The van der Waals surface area contributed by atoms with Crippen molar-refractivity contribution < 1.29 is 4.74 Å². The van der Waals surface area contributed by atoms with Gasteiger partial charge in [0.05, 0.1) is 12.8 Å². The van der Waals surface area contributed by atoms with Crippen molar-refractivity contribution in [3.8, 4) is 17.1 Å². The zero-order valence-electron chi connectivity index (χ0n) is 8.64. The Kier molecular flexibility index (Phi) is 2.58. The van der Waals surface area contributed by atoms with Crippen LogP contribution in [0.3, 0.4) is 0 Å². The minimum absolute atomic E-state index is 0.601. The normalized spacial score (nSPS) is 10.0. The lowest BCUT2D eigenvalue weighted by atomic mass is 10.2. The number of hydrogen-bond donors (Lipinski definition) is 0. The summed E-state index contributed by atoms with van der Waals surface area (Å²) in [4.78, 5) is 12.5. The Bertz CT molecular complexity index is 454. The Morgan fingerprint density at radius 2 is 2.00 bits per heavy atom. The van der Waals surface area contributed by atoms with E-state index in [1.165, 1.54) is 0 Å². The van der Waals surface area contributed by atoms with Crippen LogP contribution in [0.4, 0.5) is 0 Å². The highest BCUT2D eigenvalue weighted by Crippen LogP contribution is 2.17. The maximum absolute atomic E-state index is 4.98. The van der Waals surface area contributed by atoms with Gasteiger partial charge in [-0.15, -0.1) is 0 Å². The van der Waals surface area contributed by atoms with E-state index in [0.29, 0.717) is 5.88 Å². The molecule has 4 heteroatoms. The molecule has 0 amide bonds. The average molecular weight is 201 g/mol. The minimum atomic E-state index is 0.601. The summed E-state index contributed by atoms with van der Waals surface area (Å²) in [5.74, 6) is 1.35. The Balaban J connectivity index is 2.37. The van der Waals surface area contributed by atoms with Crippen LogP contribution in [0.1, 0.15) is 5.82 Å². The zero-order chi connectivity index (χ0) is 10.7. The smallest absolute Gasteiger partial charge is 0.212 e. The van der Waals surface area contributed by atoms with Crippen LogP contribution >= 0.6 is 0 Å². The van der Waals surface area contributed by atoms with Crippen molar-refractivity contribution in [3.63, 3.8) is 0 Å². The van der Waals surface area contributed by atoms with Gasteiger partial charge in [0.15, 0.2) is 0 Å². The van der Waals surface area contributed by atoms with E-state index in [0.717, 1.165) is 17.1 Å². The third kappa shape index (κ3) is 2.10. The first kappa shape index (κ1) is 9.58. The molecule has 0 radical (unpaired) electrons. The molecule has 0 aliphatic rings. The van der Waals surface area contributed by atoms with Crippen molar-refractivity contribution in [1.82, 2.24) is 15.0 Å². The molecule has 0 bridgehead atoms. The first-order valence-corrected chi connectivity index (χ1v) is 4.59. The second-order valence-corrected chi connectivity index (χ2v) is 3.08. The Hall–Kier alpha value is -1.97. The number of rotatable bonds is 2. The molecule has 0 saturated carbocycles. The van der Waals surface area contributed by atoms with Gasteiger partial charge in [-0.3, -0.25) is 0 Å². The summed E-state index contributed by atoms with van der Waals surface area (Å²) in [5, 5.41) is 0. The van der Waals surface area contributed by atoms with Gasteiger partial charge < -0.3 is 4.74 Å². The van der Waals surface area contributed by atoms with Crippen LogP contribution in [0.5, 0.6) is 5.88 Å². The number of hydrogen-bond acceptors (Lipinski definition) is 4. The van der Waals surface area contributed by atoms with E-state index >= 15 is 0 Å². The van der Waals surface area contributed by atoms with Gasteiger partial charge in [0.25, 0.3) is 0 Å². The van der Waals surface area contributed by atoms with Gasteiger partial charge in [-0.25, -0.2) is 15.0 Å². The maximum atomic E-state index is 4.98. The molecule has 0 unspecified atom stereocenters. The highest BCUT2D eigenvalue weighted by Gasteiger charge is 2.00. The fourth-order valence-electron chi connectivity index (χ4n) is 1.27. The molecule has 0 spiro atoms. The lowest BCUT2D eigenvalue weighted by Gasteiger charge is -2.02. The topological polar surface area (TPSA) is 47.9 Å². The number of nitrogens with zero attached hydrogens (tertiary/aromatic N) is 3. The molecule has 0 aliphatic heterocycles. The van der Waals surface area contributed by atoms with E-state index in [2.05, 4.69) is 15.0 Å². The molecule has 2 heterocycles.